The van der Waals surface area contributed by atoms with Crippen molar-refractivity contribution in [1.29, 1.82) is 0 Å². The van der Waals surface area contributed by atoms with Gasteiger partial charge in [-0.15, -0.1) is 12.4 Å². The number of amides is 1. The minimum Gasteiger partial charge on any atom is -0.490 e. The van der Waals surface area contributed by atoms with Gasteiger partial charge in [0.1, 0.15) is 24.1 Å². The molecule has 0 aliphatic carbocycles. The second-order valence-corrected chi connectivity index (χ2v) is 6.41. The van der Waals surface area contributed by atoms with Crippen LogP contribution in [0.2, 0.25) is 0 Å². The molecule has 1 fully saturated rings. The molecule has 1 aliphatic rings. The van der Waals surface area contributed by atoms with E-state index >= 15 is 0 Å². The molecule has 0 bridgehead atoms. The van der Waals surface area contributed by atoms with E-state index in [4.69, 9.17) is 9.47 Å². The largest absolute Gasteiger partial charge is 0.490 e. The molecule has 1 saturated heterocycles. The van der Waals surface area contributed by atoms with Gasteiger partial charge in [0.2, 0.25) is 0 Å². The van der Waals surface area contributed by atoms with Crippen LogP contribution in [0.15, 0.2) is 28.7 Å². The molecule has 1 aromatic carbocycles. The highest BCUT2D eigenvalue weighted by atomic mass is 79.9. The molecule has 24 heavy (non-hydrogen) atoms. The molecular weight excluding hydrogens is 400 g/mol. The molecule has 0 saturated carbocycles. The number of para-hydroxylation sites is 1. The Morgan fingerprint density at radius 3 is 2.71 bits per heavy atom. The Morgan fingerprint density at radius 2 is 2.08 bits per heavy atom. The van der Waals surface area contributed by atoms with Crippen LogP contribution >= 0.6 is 28.3 Å². The summed E-state index contributed by atoms with van der Waals surface area (Å²) in [5, 5.41) is 16.0. The summed E-state index contributed by atoms with van der Waals surface area (Å²) in [4.78, 5) is 12.4. The summed E-state index contributed by atoms with van der Waals surface area (Å²) in [5.41, 5.74) is -0.797. The van der Waals surface area contributed by atoms with E-state index in [1.807, 2.05) is 24.3 Å². The number of hydrogen-bond donors (Lipinski definition) is 3. The van der Waals surface area contributed by atoms with E-state index in [0.29, 0.717) is 18.6 Å². The van der Waals surface area contributed by atoms with Crippen LogP contribution in [-0.2, 0) is 9.53 Å². The van der Waals surface area contributed by atoms with Crippen molar-refractivity contribution in [3.8, 4) is 5.75 Å². The highest BCUT2D eigenvalue weighted by Crippen LogP contribution is 2.24. The average molecular weight is 424 g/mol. The van der Waals surface area contributed by atoms with Crippen LogP contribution in [0, 0.1) is 0 Å². The topological polar surface area (TPSA) is 79.8 Å². The Hall–Kier alpha value is -0.860. The Labute approximate surface area is 156 Å². The van der Waals surface area contributed by atoms with Crippen LogP contribution in [-0.4, -0.2) is 56.1 Å². The van der Waals surface area contributed by atoms with Gasteiger partial charge in [0.05, 0.1) is 4.47 Å². The van der Waals surface area contributed by atoms with E-state index in [9.17, 15) is 9.90 Å². The number of hydrogen-bond acceptors (Lipinski definition) is 5. The fraction of sp³-hybridized carbons (Fsp3) is 0.562. The number of halogens is 2. The number of methoxy groups -OCH3 is 1. The smallest absolute Gasteiger partial charge is 0.252 e. The van der Waals surface area contributed by atoms with Gasteiger partial charge in [-0.1, -0.05) is 12.1 Å². The average Bonchev–Trinajstić information content (AvgIpc) is 2.59. The Morgan fingerprint density at radius 1 is 1.42 bits per heavy atom. The van der Waals surface area contributed by atoms with Crippen molar-refractivity contribution < 1.29 is 19.4 Å². The van der Waals surface area contributed by atoms with Crippen molar-refractivity contribution in [2.45, 2.75) is 24.5 Å². The van der Waals surface area contributed by atoms with Crippen molar-refractivity contribution in [3.63, 3.8) is 0 Å². The Bertz CT molecular complexity index is 527. The summed E-state index contributed by atoms with van der Waals surface area (Å²) in [6.07, 6.45) is 0.458. The maximum atomic E-state index is 12.4. The molecule has 1 amide bonds. The molecule has 0 spiro atoms. The van der Waals surface area contributed by atoms with E-state index in [-0.39, 0.29) is 31.5 Å². The minimum atomic E-state index is -0.797. The number of aliphatic hydroxyl groups is 1. The lowest BCUT2D eigenvalue weighted by Crippen LogP contribution is -2.55. The molecule has 0 radical (unpaired) electrons. The Kier molecular flexibility index (Phi) is 9.01. The Balaban J connectivity index is 0.00000288. The molecule has 8 heteroatoms. The zero-order valence-corrected chi connectivity index (χ0v) is 16.0. The maximum Gasteiger partial charge on any atom is 0.252 e. The van der Waals surface area contributed by atoms with Crippen LogP contribution in [0.25, 0.3) is 0 Å². The third-order valence-corrected chi connectivity index (χ3v) is 4.64. The van der Waals surface area contributed by atoms with E-state index in [2.05, 4.69) is 26.6 Å². The van der Waals surface area contributed by atoms with Gasteiger partial charge in [-0.2, -0.15) is 0 Å². The minimum absolute atomic E-state index is 0. The summed E-state index contributed by atoms with van der Waals surface area (Å²) in [7, 11) is 1.55. The van der Waals surface area contributed by atoms with Gasteiger partial charge in [-0.3, -0.25) is 4.79 Å². The first-order chi connectivity index (χ1) is 11.1. The maximum absolute atomic E-state index is 12.4. The van der Waals surface area contributed by atoms with Gasteiger partial charge in [0.15, 0.2) is 0 Å². The first-order valence-corrected chi connectivity index (χ1v) is 8.46. The lowest BCUT2D eigenvalue weighted by molar-refractivity contribution is -0.147. The molecular formula is C16H24BrClN2O4. The molecule has 1 aliphatic heterocycles. The summed E-state index contributed by atoms with van der Waals surface area (Å²) in [5.74, 6) is 0.478. The molecule has 2 rings (SSSR count). The second kappa shape index (κ2) is 10.2. The number of piperidine rings is 1. The predicted octanol–water partition coefficient (Wildman–Crippen LogP) is 1.50. The predicted molar refractivity (Wildman–Crippen MR) is 97.7 cm³/mol. The van der Waals surface area contributed by atoms with Crippen molar-refractivity contribution in [2.75, 3.05) is 33.4 Å². The molecule has 1 aromatic rings. The lowest BCUT2D eigenvalue weighted by Gasteiger charge is -2.35. The second-order valence-electron chi connectivity index (χ2n) is 5.55. The summed E-state index contributed by atoms with van der Waals surface area (Å²) in [6.45, 7) is 1.72. The first-order valence-electron chi connectivity index (χ1n) is 7.67. The number of nitrogens with one attached hydrogen (secondary N) is 2. The fourth-order valence-electron chi connectivity index (χ4n) is 2.53. The van der Waals surface area contributed by atoms with Gasteiger partial charge < -0.3 is 25.2 Å². The summed E-state index contributed by atoms with van der Waals surface area (Å²) in [6, 6.07) is 7.41. The van der Waals surface area contributed by atoms with Gasteiger partial charge in [0.25, 0.3) is 5.91 Å². The zero-order chi connectivity index (χ0) is 16.7. The lowest BCUT2D eigenvalue weighted by atomic mass is 9.91. The molecule has 0 aromatic heterocycles. The fourth-order valence-corrected chi connectivity index (χ4v) is 2.93. The summed E-state index contributed by atoms with van der Waals surface area (Å²) < 4.78 is 11.8. The van der Waals surface area contributed by atoms with E-state index in [0.717, 1.165) is 17.6 Å². The van der Waals surface area contributed by atoms with Crippen molar-refractivity contribution in [2.24, 2.45) is 0 Å². The highest BCUT2D eigenvalue weighted by Gasteiger charge is 2.39. The molecule has 6 nitrogen and oxygen atoms in total. The van der Waals surface area contributed by atoms with Gasteiger partial charge in [-0.05, 0) is 54.0 Å². The van der Waals surface area contributed by atoms with Gasteiger partial charge in [-0.25, -0.2) is 0 Å². The molecule has 1 heterocycles. The first kappa shape index (κ1) is 21.2. The van der Waals surface area contributed by atoms with Crippen molar-refractivity contribution >= 4 is 34.2 Å². The van der Waals surface area contributed by atoms with Crippen LogP contribution in [0.5, 0.6) is 5.75 Å². The number of carbonyl (C=O) groups is 1. The van der Waals surface area contributed by atoms with Crippen molar-refractivity contribution in [3.05, 3.63) is 28.7 Å². The monoisotopic (exact) mass is 422 g/mol. The number of benzene rings is 1. The quantitative estimate of drug-likeness (QED) is 0.619. The number of carbonyl (C=O) groups excluding carboxylic acids is 1. The van der Waals surface area contributed by atoms with Crippen LogP contribution < -0.4 is 15.4 Å². The van der Waals surface area contributed by atoms with Crippen molar-refractivity contribution in [1.82, 2.24) is 10.6 Å². The third kappa shape index (κ3) is 5.60. The highest BCUT2D eigenvalue weighted by molar-refractivity contribution is 9.10. The summed E-state index contributed by atoms with van der Waals surface area (Å²) >= 11 is 3.38. The number of rotatable bonds is 7. The molecule has 136 valence electrons. The normalized spacial score (nSPS) is 17.5. The number of aliphatic hydroxyl groups excluding tert-OH is 1. The van der Waals surface area contributed by atoms with Gasteiger partial charge in [0, 0.05) is 13.7 Å². The van der Waals surface area contributed by atoms with E-state index < -0.39 is 11.7 Å². The van der Waals surface area contributed by atoms with Crippen LogP contribution in [0.3, 0.4) is 0 Å². The number of ether oxygens (including phenoxy) is 2. The third-order valence-electron chi connectivity index (χ3n) is 3.98. The molecule has 3 N–H and O–H groups in total. The molecule has 1 atom stereocenters. The standard InChI is InChI=1S/C16H23BrN2O4.ClH/c1-22-16(6-8-18-9-7-16)15(21)19-10-12(20)11-23-14-5-3-2-4-13(14)17;/h2-5,12,18,20H,6-11H2,1H3,(H,19,21);1H. The van der Waals surface area contributed by atoms with E-state index in [1.54, 1.807) is 7.11 Å². The molecule has 1 unspecified atom stereocenters. The van der Waals surface area contributed by atoms with Gasteiger partial charge >= 0.3 is 0 Å². The van der Waals surface area contributed by atoms with Crippen LogP contribution in [0.1, 0.15) is 12.8 Å². The van der Waals surface area contributed by atoms with Crippen LogP contribution in [0.4, 0.5) is 0 Å². The van der Waals surface area contributed by atoms with E-state index in [1.165, 1.54) is 0 Å². The zero-order valence-electron chi connectivity index (χ0n) is 13.6. The SMILES string of the molecule is COC1(C(=O)NCC(O)COc2ccccc2Br)CCNCC1.Cl.